The molecular formula is C10H14N2O2. The molecule has 4 nitrogen and oxygen atoms in total. The summed E-state index contributed by atoms with van der Waals surface area (Å²) in [6, 6.07) is 0.282. The maximum Gasteiger partial charge on any atom is 0.352 e. The highest BCUT2D eigenvalue weighted by Gasteiger charge is 2.58. The molecule has 1 heterocycles. The molecule has 14 heavy (non-hydrogen) atoms. The van der Waals surface area contributed by atoms with E-state index in [1.165, 1.54) is 6.42 Å². The van der Waals surface area contributed by atoms with Crippen molar-refractivity contribution in [2.24, 2.45) is 22.4 Å². The third-order valence-corrected chi connectivity index (χ3v) is 4.17. The zero-order chi connectivity index (χ0) is 9.92. The SMILES string of the molecule is C[C@@]12CC3NN=C(C(=O)O)C3C[C@@H]1C2. The van der Waals surface area contributed by atoms with Crippen LogP contribution in [0.3, 0.4) is 0 Å². The van der Waals surface area contributed by atoms with Crippen molar-refractivity contribution in [2.75, 3.05) is 0 Å². The van der Waals surface area contributed by atoms with E-state index in [2.05, 4.69) is 17.5 Å². The Balaban J connectivity index is 1.83. The van der Waals surface area contributed by atoms with Gasteiger partial charge in [0.2, 0.25) is 0 Å². The van der Waals surface area contributed by atoms with Crippen LogP contribution in [-0.4, -0.2) is 22.8 Å². The monoisotopic (exact) mass is 194 g/mol. The highest BCUT2D eigenvalue weighted by molar-refractivity contribution is 6.37. The van der Waals surface area contributed by atoms with Crippen LogP contribution in [0.25, 0.3) is 0 Å². The lowest BCUT2D eigenvalue weighted by atomic mass is 9.77. The van der Waals surface area contributed by atoms with Gasteiger partial charge < -0.3 is 10.5 Å². The quantitative estimate of drug-likeness (QED) is 0.650. The lowest BCUT2D eigenvalue weighted by molar-refractivity contribution is -0.129. The molecule has 3 rings (SSSR count). The Morgan fingerprint density at radius 2 is 2.43 bits per heavy atom. The fraction of sp³-hybridized carbons (Fsp3) is 0.800. The van der Waals surface area contributed by atoms with Crippen molar-refractivity contribution >= 4 is 11.7 Å². The minimum atomic E-state index is -0.853. The van der Waals surface area contributed by atoms with Gasteiger partial charge in [-0.2, -0.15) is 5.10 Å². The fourth-order valence-electron chi connectivity index (χ4n) is 3.12. The van der Waals surface area contributed by atoms with Crippen LogP contribution in [-0.2, 0) is 4.79 Å². The Kier molecular flexibility index (Phi) is 1.36. The minimum absolute atomic E-state index is 0.160. The molecule has 2 unspecified atom stereocenters. The Hall–Kier alpha value is -1.06. The summed E-state index contributed by atoms with van der Waals surface area (Å²) in [7, 11) is 0. The van der Waals surface area contributed by atoms with E-state index in [1.54, 1.807) is 0 Å². The zero-order valence-electron chi connectivity index (χ0n) is 8.16. The van der Waals surface area contributed by atoms with Crippen LogP contribution in [0.5, 0.6) is 0 Å². The van der Waals surface area contributed by atoms with E-state index in [1.807, 2.05) is 0 Å². The summed E-state index contributed by atoms with van der Waals surface area (Å²) in [5.41, 5.74) is 3.81. The van der Waals surface area contributed by atoms with Crippen molar-refractivity contribution in [1.82, 2.24) is 5.43 Å². The smallest absolute Gasteiger partial charge is 0.352 e. The molecule has 76 valence electrons. The first-order valence-electron chi connectivity index (χ1n) is 5.16. The molecule has 4 heteroatoms. The van der Waals surface area contributed by atoms with E-state index < -0.39 is 5.97 Å². The number of hydrogen-bond donors (Lipinski definition) is 2. The summed E-state index contributed by atoms with van der Waals surface area (Å²) < 4.78 is 0. The van der Waals surface area contributed by atoms with Crippen molar-refractivity contribution in [1.29, 1.82) is 0 Å². The molecule has 2 fully saturated rings. The maximum absolute atomic E-state index is 10.9. The van der Waals surface area contributed by atoms with Gasteiger partial charge >= 0.3 is 5.97 Å². The van der Waals surface area contributed by atoms with Crippen LogP contribution in [0.1, 0.15) is 26.2 Å². The Morgan fingerprint density at radius 3 is 3.14 bits per heavy atom. The van der Waals surface area contributed by atoms with Crippen molar-refractivity contribution in [3.05, 3.63) is 0 Å². The third kappa shape index (κ3) is 0.938. The molecule has 2 aliphatic carbocycles. The summed E-state index contributed by atoms with van der Waals surface area (Å²) in [6.07, 6.45) is 3.37. The Bertz CT molecular complexity index is 339. The van der Waals surface area contributed by atoms with E-state index in [0.717, 1.165) is 18.8 Å². The standard InChI is InChI=1S/C10H14N2O2/c1-10-3-5(10)2-6-7(4-10)11-12-8(6)9(13)14/h5-7,11H,2-4H2,1H3,(H,13,14)/t5-,6?,7?,10-/m1/s1. The maximum atomic E-state index is 10.9. The number of carboxylic acids is 1. The van der Waals surface area contributed by atoms with Gasteiger partial charge in [0, 0.05) is 5.92 Å². The van der Waals surface area contributed by atoms with E-state index in [0.29, 0.717) is 11.1 Å². The molecule has 0 spiro atoms. The topological polar surface area (TPSA) is 61.7 Å². The molecule has 0 aromatic carbocycles. The highest BCUT2D eigenvalue weighted by Crippen LogP contribution is 2.62. The first-order chi connectivity index (χ1) is 6.60. The fourth-order valence-corrected chi connectivity index (χ4v) is 3.12. The first-order valence-corrected chi connectivity index (χ1v) is 5.16. The van der Waals surface area contributed by atoms with Gasteiger partial charge in [0.1, 0.15) is 5.71 Å². The molecule has 0 radical (unpaired) electrons. The molecule has 0 amide bonds. The van der Waals surface area contributed by atoms with Gasteiger partial charge in [0.25, 0.3) is 0 Å². The van der Waals surface area contributed by atoms with Crippen LogP contribution < -0.4 is 5.43 Å². The number of carbonyl (C=O) groups is 1. The summed E-state index contributed by atoms with van der Waals surface area (Å²) in [6.45, 7) is 2.30. The molecular weight excluding hydrogens is 180 g/mol. The molecule has 0 saturated heterocycles. The number of carboxylic acid groups (broad SMARTS) is 1. The van der Waals surface area contributed by atoms with E-state index in [4.69, 9.17) is 5.11 Å². The summed E-state index contributed by atoms with van der Waals surface area (Å²) in [4.78, 5) is 10.9. The highest BCUT2D eigenvalue weighted by atomic mass is 16.4. The van der Waals surface area contributed by atoms with Crippen molar-refractivity contribution in [3.8, 4) is 0 Å². The van der Waals surface area contributed by atoms with E-state index >= 15 is 0 Å². The molecule has 1 aliphatic heterocycles. The van der Waals surface area contributed by atoms with Gasteiger partial charge in [-0.15, -0.1) is 0 Å². The van der Waals surface area contributed by atoms with Gasteiger partial charge in [-0.1, -0.05) is 6.92 Å². The van der Waals surface area contributed by atoms with Crippen LogP contribution in [0.2, 0.25) is 0 Å². The average molecular weight is 194 g/mol. The van der Waals surface area contributed by atoms with Gasteiger partial charge in [-0.05, 0) is 30.6 Å². The number of hydrazone groups is 1. The largest absolute Gasteiger partial charge is 0.477 e. The molecule has 0 bridgehead atoms. The Labute approximate surface area is 82.4 Å². The molecule has 0 aromatic rings. The molecule has 3 aliphatic rings. The number of hydrogen-bond acceptors (Lipinski definition) is 3. The second-order valence-electron chi connectivity index (χ2n) is 5.14. The number of fused-ring (bicyclic) bond motifs is 2. The average Bonchev–Trinajstić information content (AvgIpc) is 2.57. The first kappa shape index (κ1) is 8.26. The summed E-state index contributed by atoms with van der Waals surface area (Å²) >= 11 is 0. The summed E-state index contributed by atoms with van der Waals surface area (Å²) in [5, 5.41) is 12.9. The number of nitrogens with zero attached hydrogens (tertiary/aromatic N) is 1. The third-order valence-electron chi connectivity index (χ3n) is 4.17. The van der Waals surface area contributed by atoms with E-state index in [-0.39, 0.29) is 12.0 Å². The lowest BCUT2D eigenvalue weighted by Crippen LogP contribution is -2.37. The Morgan fingerprint density at radius 1 is 1.64 bits per heavy atom. The van der Waals surface area contributed by atoms with Crippen molar-refractivity contribution in [3.63, 3.8) is 0 Å². The predicted octanol–water partition coefficient (Wildman–Crippen LogP) is 0.835. The van der Waals surface area contributed by atoms with Crippen LogP contribution in [0, 0.1) is 17.3 Å². The van der Waals surface area contributed by atoms with Gasteiger partial charge in [0.05, 0.1) is 6.04 Å². The number of aliphatic carboxylic acids is 1. The van der Waals surface area contributed by atoms with Crippen LogP contribution >= 0.6 is 0 Å². The summed E-state index contributed by atoms with van der Waals surface area (Å²) in [5.74, 6) is 0.0514. The van der Waals surface area contributed by atoms with Gasteiger partial charge in [-0.3, -0.25) is 0 Å². The van der Waals surface area contributed by atoms with Crippen LogP contribution in [0.15, 0.2) is 5.10 Å². The second kappa shape index (κ2) is 2.30. The lowest BCUT2D eigenvalue weighted by Gasteiger charge is -2.28. The predicted molar refractivity (Wildman–Crippen MR) is 50.9 cm³/mol. The molecule has 2 saturated carbocycles. The normalized spacial score (nSPS) is 48.6. The van der Waals surface area contributed by atoms with Gasteiger partial charge in [-0.25, -0.2) is 4.79 Å². The number of rotatable bonds is 1. The molecule has 2 N–H and O–H groups in total. The second-order valence-corrected chi connectivity index (χ2v) is 5.14. The minimum Gasteiger partial charge on any atom is -0.477 e. The number of nitrogens with one attached hydrogen (secondary N) is 1. The van der Waals surface area contributed by atoms with Crippen LogP contribution in [0.4, 0.5) is 0 Å². The zero-order valence-corrected chi connectivity index (χ0v) is 8.16. The van der Waals surface area contributed by atoms with Crippen molar-refractivity contribution in [2.45, 2.75) is 32.2 Å². The van der Waals surface area contributed by atoms with E-state index in [9.17, 15) is 4.79 Å². The van der Waals surface area contributed by atoms with Gasteiger partial charge in [0.15, 0.2) is 0 Å². The molecule has 4 atom stereocenters. The molecule has 0 aromatic heterocycles. The van der Waals surface area contributed by atoms with Crippen molar-refractivity contribution < 1.29 is 9.90 Å².